The van der Waals surface area contributed by atoms with Crippen LogP contribution in [-0.2, 0) is 13.0 Å². The predicted octanol–water partition coefficient (Wildman–Crippen LogP) is 2.97. The van der Waals surface area contributed by atoms with E-state index in [1.54, 1.807) is 0 Å². The van der Waals surface area contributed by atoms with E-state index in [4.69, 9.17) is 9.15 Å². The molecule has 1 aromatic heterocycles. The van der Waals surface area contributed by atoms with E-state index in [2.05, 4.69) is 26.7 Å². The fraction of sp³-hybridized carbons (Fsp3) is 0.444. The Bertz CT molecular complexity index is 685. The van der Waals surface area contributed by atoms with Crippen LogP contribution in [0.3, 0.4) is 0 Å². The average Bonchev–Trinajstić information content (AvgIpc) is 3.13. The molecule has 0 aliphatic carbocycles. The van der Waals surface area contributed by atoms with Gasteiger partial charge in [-0.05, 0) is 32.4 Å². The van der Waals surface area contributed by atoms with Gasteiger partial charge in [-0.15, -0.1) is 24.0 Å². The molecule has 0 radical (unpaired) electrons. The molecule has 2 aromatic rings. The van der Waals surface area contributed by atoms with Gasteiger partial charge in [0.25, 0.3) is 0 Å². The van der Waals surface area contributed by atoms with E-state index >= 15 is 0 Å². The lowest BCUT2D eigenvalue weighted by Gasteiger charge is -2.15. The summed E-state index contributed by atoms with van der Waals surface area (Å²) >= 11 is 0. The highest BCUT2D eigenvalue weighted by atomic mass is 127. The van der Waals surface area contributed by atoms with Gasteiger partial charge in [0.2, 0.25) is 5.89 Å². The van der Waals surface area contributed by atoms with Crippen molar-refractivity contribution in [3.8, 4) is 5.75 Å². The summed E-state index contributed by atoms with van der Waals surface area (Å²) in [5, 5.41) is 6.57. The third-order valence-corrected chi connectivity index (χ3v) is 4.00. The summed E-state index contributed by atoms with van der Waals surface area (Å²) < 4.78 is 11.5. The highest BCUT2D eigenvalue weighted by molar-refractivity contribution is 14.0. The van der Waals surface area contributed by atoms with Crippen LogP contribution in [0.1, 0.15) is 29.8 Å². The van der Waals surface area contributed by atoms with Crippen LogP contribution in [0.2, 0.25) is 0 Å². The molecule has 0 amide bonds. The van der Waals surface area contributed by atoms with Gasteiger partial charge in [-0.25, -0.2) is 9.98 Å². The lowest BCUT2D eigenvalue weighted by molar-refractivity contribution is 0.235. The van der Waals surface area contributed by atoms with Crippen molar-refractivity contribution in [2.45, 2.75) is 39.8 Å². The summed E-state index contributed by atoms with van der Waals surface area (Å²) in [6.07, 6.45) is 1.04. The topological polar surface area (TPSA) is 71.7 Å². The molecular weight excluding hydrogens is 431 g/mol. The number of oxazole rings is 1. The number of aliphatic imine (C=N–C) groups is 1. The molecule has 0 bridgehead atoms. The first-order valence-electron chi connectivity index (χ1n) is 8.35. The molecule has 3 rings (SSSR count). The standard InChI is InChI=1S/C18H24N4O2.HI/c1-4-19-18(21-11-17-22-12(2)13(3)23-17)20-10-15-9-14-7-5-6-8-16(14)24-15;/h5-8,15H,4,9-11H2,1-3H3,(H2,19,20,21);1H. The van der Waals surface area contributed by atoms with Gasteiger partial charge in [-0.1, -0.05) is 18.2 Å². The Morgan fingerprint density at radius 2 is 2.08 bits per heavy atom. The van der Waals surface area contributed by atoms with Crippen molar-refractivity contribution in [3.63, 3.8) is 0 Å². The monoisotopic (exact) mass is 456 g/mol. The van der Waals surface area contributed by atoms with Crippen molar-refractivity contribution in [1.29, 1.82) is 0 Å². The molecule has 1 aliphatic rings. The van der Waals surface area contributed by atoms with Crippen LogP contribution in [0.15, 0.2) is 33.7 Å². The van der Waals surface area contributed by atoms with Gasteiger partial charge in [0.15, 0.2) is 5.96 Å². The van der Waals surface area contributed by atoms with Crippen LogP contribution in [0, 0.1) is 13.8 Å². The number of halogens is 1. The van der Waals surface area contributed by atoms with Crippen LogP contribution in [0.25, 0.3) is 0 Å². The zero-order valence-electron chi connectivity index (χ0n) is 14.8. The number of aryl methyl sites for hydroxylation is 2. The molecule has 1 aliphatic heterocycles. The molecule has 1 atom stereocenters. The summed E-state index contributed by atoms with van der Waals surface area (Å²) in [6, 6.07) is 8.17. The number of ether oxygens (including phenoxy) is 1. The summed E-state index contributed by atoms with van der Waals surface area (Å²) in [6.45, 7) is 7.79. The smallest absolute Gasteiger partial charge is 0.216 e. The van der Waals surface area contributed by atoms with E-state index in [1.165, 1.54) is 5.56 Å². The van der Waals surface area contributed by atoms with Crippen LogP contribution in [-0.4, -0.2) is 30.1 Å². The lowest BCUT2D eigenvalue weighted by atomic mass is 10.1. The van der Waals surface area contributed by atoms with Gasteiger partial charge in [0.05, 0.1) is 12.2 Å². The maximum atomic E-state index is 5.94. The molecule has 136 valence electrons. The minimum Gasteiger partial charge on any atom is -0.488 e. The quantitative estimate of drug-likeness (QED) is 0.411. The Balaban J connectivity index is 0.00000225. The second-order valence-corrected chi connectivity index (χ2v) is 5.88. The van der Waals surface area contributed by atoms with Crippen molar-refractivity contribution in [3.05, 3.63) is 47.2 Å². The van der Waals surface area contributed by atoms with Crippen LogP contribution < -0.4 is 15.4 Å². The average molecular weight is 456 g/mol. The number of hydrogen-bond donors (Lipinski definition) is 2. The third-order valence-electron chi connectivity index (χ3n) is 4.00. The Morgan fingerprint density at radius 1 is 1.28 bits per heavy atom. The molecule has 2 heterocycles. The molecule has 0 fully saturated rings. The number of nitrogens with zero attached hydrogens (tertiary/aromatic N) is 2. The fourth-order valence-electron chi connectivity index (χ4n) is 2.67. The van der Waals surface area contributed by atoms with E-state index in [-0.39, 0.29) is 30.1 Å². The Kier molecular flexibility index (Phi) is 7.10. The highest BCUT2D eigenvalue weighted by Crippen LogP contribution is 2.27. The second-order valence-electron chi connectivity index (χ2n) is 5.88. The fourth-order valence-corrected chi connectivity index (χ4v) is 2.67. The van der Waals surface area contributed by atoms with Crippen molar-refractivity contribution in [1.82, 2.24) is 15.6 Å². The number of nitrogens with one attached hydrogen (secondary N) is 2. The minimum absolute atomic E-state index is 0. The van der Waals surface area contributed by atoms with Crippen molar-refractivity contribution in [2.24, 2.45) is 4.99 Å². The molecule has 0 saturated carbocycles. The Hall–Kier alpha value is -1.77. The zero-order chi connectivity index (χ0) is 16.9. The van der Waals surface area contributed by atoms with E-state index < -0.39 is 0 Å². The maximum Gasteiger partial charge on any atom is 0.216 e. The Labute approximate surface area is 165 Å². The first-order chi connectivity index (χ1) is 11.7. The molecule has 6 nitrogen and oxygen atoms in total. The normalized spacial score (nSPS) is 16.0. The molecular formula is C18H25IN4O2. The predicted molar refractivity (Wildman–Crippen MR) is 109 cm³/mol. The molecule has 0 saturated heterocycles. The van der Waals surface area contributed by atoms with Crippen molar-refractivity contribution < 1.29 is 9.15 Å². The van der Waals surface area contributed by atoms with E-state index in [9.17, 15) is 0 Å². The maximum absolute atomic E-state index is 5.94. The van der Waals surface area contributed by atoms with E-state index in [0.717, 1.165) is 36.1 Å². The zero-order valence-corrected chi connectivity index (χ0v) is 17.2. The summed E-state index contributed by atoms with van der Waals surface area (Å²) in [4.78, 5) is 8.88. The number of rotatable bonds is 5. The lowest BCUT2D eigenvalue weighted by Crippen LogP contribution is -2.42. The number of fused-ring (bicyclic) bond motifs is 1. The van der Waals surface area contributed by atoms with Gasteiger partial charge < -0.3 is 19.8 Å². The molecule has 2 N–H and O–H groups in total. The first-order valence-corrected chi connectivity index (χ1v) is 8.35. The second kappa shape index (κ2) is 9.07. The first kappa shape index (κ1) is 19.6. The number of hydrogen-bond acceptors (Lipinski definition) is 4. The van der Waals surface area contributed by atoms with Gasteiger partial charge in [-0.3, -0.25) is 0 Å². The van der Waals surface area contributed by atoms with Crippen LogP contribution >= 0.6 is 24.0 Å². The third kappa shape index (κ3) is 5.10. The van der Waals surface area contributed by atoms with E-state index in [1.807, 2.05) is 39.0 Å². The minimum atomic E-state index is 0. The number of aromatic nitrogens is 1. The number of benzene rings is 1. The van der Waals surface area contributed by atoms with Gasteiger partial charge >= 0.3 is 0 Å². The largest absolute Gasteiger partial charge is 0.488 e. The van der Waals surface area contributed by atoms with Gasteiger partial charge in [-0.2, -0.15) is 0 Å². The summed E-state index contributed by atoms with van der Waals surface area (Å²) in [7, 11) is 0. The molecule has 1 aromatic carbocycles. The van der Waals surface area contributed by atoms with E-state index in [0.29, 0.717) is 19.0 Å². The highest BCUT2D eigenvalue weighted by Gasteiger charge is 2.22. The van der Waals surface area contributed by atoms with Crippen LogP contribution in [0.5, 0.6) is 5.75 Å². The number of para-hydroxylation sites is 1. The molecule has 0 spiro atoms. The molecule has 1 unspecified atom stereocenters. The van der Waals surface area contributed by atoms with Crippen molar-refractivity contribution >= 4 is 29.9 Å². The van der Waals surface area contributed by atoms with Gasteiger partial charge in [0, 0.05) is 13.0 Å². The Morgan fingerprint density at radius 3 is 2.76 bits per heavy atom. The van der Waals surface area contributed by atoms with Crippen LogP contribution in [0.4, 0.5) is 0 Å². The molecule has 25 heavy (non-hydrogen) atoms. The van der Waals surface area contributed by atoms with Crippen molar-refractivity contribution in [2.75, 3.05) is 13.1 Å². The SMILES string of the molecule is CCNC(=NCc1nc(C)c(C)o1)NCC1Cc2ccccc2O1.I. The van der Waals surface area contributed by atoms with Gasteiger partial charge in [0.1, 0.15) is 24.2 Å². The number of guanidine groups is 1. The molecule has 7 heteroatoms. The summed E-state index contributed by atoms with van der Waals surface area (Å²) in [5.41, 5.74) is 2.17. The summed E-state index contributed by atoms with van der Waals surface area (Å²) in [5.74, 6) is 3.20.